The number of rotatable bonds is 8. The van der Waals surface area contributed by atoms with Gasteiger partial charge in [-0.2, -0.15) is 0 Å². The summed E-state index contributed by atoms with van der Waals surface area (Å²) in [5.41, 5.74) is 1.10. The molecule has 3 rings (SSSR count). The fourth-order valence-corrected chi connectivity index (χ4v) is 4.51. The van der Waals surface area contributed by atoms with Gasteiger partial charge in [0.1, 0.15) is 0 Å². The molecule has 1 unspecified atom stereocenters. The van der Waals surface area contributed by atoms with Crippen LogP contribution in [-0.4, -0.2) is 53.2 Å². The van der Waals surface area contributed by atoms with Crippen LogP contribution < -0.4 is 10.6 Å². The number of nitrogens with zero attached hydrogens (tertiary/aromatic N) is 1. The largest absolute Gasteiger partial charge is 0.481 e. The Hall–Kier alpha value is -2.08. The number of piperidine rings is 1. The van der Waals surface area contributed by atoms with E-state index in [0.29, 0.717) is 12.8 Å². The summed E-state index contributed by atoms with van der Waals surface area (Å²) in [4.78, 5) is 26.1. The van der Waals surface area contributed by atoms with Crippen LogP contribution in [0.25, 0.3) is 0 Å². The van der Waals surface area contributed by atoms with E-state index in [4.69, 9.17) is 5.11 Å². The number of benzene rings is 1. The lowest BCUT2D eigenvalue weighted by Gasteiger charge is -2.36. The van der Waals surface area contributed by atoms with Crippen molar-refractivity contribution in [3.8, 4) is 0 Å². The van der Waals surface area contributed by atoms with Gasteiger partial charge in [-0.15, -0.1) is 0 Å². The first-order valence-corrected chi connectivity index (χ1v) is 10.7. The number of carbonyl (C=O) groups excluding carboxylic acids is 1. The van der Waals surface area contributed by atoms with Crippen LogP contribution in [0.5, 0.6) is 0 Å². The fourth-order valence-electron chi connectivity index (χ4n) is 4.51. The molecule has 1 atom stereocenters. The molecule has 2 aliphatic rings. The molecule has 0 radical (unpaired) electrons. The first kappa shape index (κ1) is 20.6. The van der Waals surface area contributed by atoms with Crippen molar-refractivity contribution in [2.24, 2.45) is 0 Å². The number of nitrogens with one attached hydrogen (secondary N) is 2. The molecule has 6 heteroatoms. The zero-order chi connectivity index (χ0) is 19.8. The maximum atomic E-state index is 12.5. The summed E-state index contributed by atoms with van der Waals surface area (Å²) in [6.45, 7) is 2.12. The molecule has 0 bridgehead atoms. The second-order valence-electron chi connectivity index (χ2n) is 8.19. The first-order valence-electron chi connectivity index (χ1n) is 10.7. The predicted molar refractivity (Wildman–Crippen MR) is 109 cm³/mol. The van der Waals surface area contributed by atoms with Crippen molar-refractivity contribution in [2.75, 3.05) is 13.1 Å². The summed E-state index contributed by atoms with van der Waals surface area (Å²) >= 11 is 0. The van der Waals surface area contributed by atoms with Crippen LogP contribution in [0.3, 0.4) is 0 Å². The van der Waals surface area contributed by atoms with Crippen molar-refractivity contribution in [1.29, 1.82) is 0 Å². The lowest BCUT2D eigenvalue weighted by atomic mass is 10.0. The number of amides is 2. The van der Waals surface area contributed by atoms with Gasteiger partial charge in [0.2, 0.25) is 0 Å². The second kappa shape index (κ2) is 10.5. The number of hydrogen-bond donors (Lipinski definition) is 3. The summed E-state index contributed by atoms with van der Waals surface area (Å²) in [5.74, 6) is -0.834. The van der Waals surface area contributed by atoms with Crippen molar-refractivity contribution in [3.63, 3.8) is 0 Å². The maximum Gasteiger partial charge on any atom is 0.315 e. The lowest BCUT2D eigenvalue weighted by Crippen LogP contribution is -2.51. The zero-order valence-electron chi connectivity index (χ0n) is 16.6. The van der Waals surface area contributed by atoms with Crippen LogP contribution in [0, 0.1) is 0 Å². The molecular weight excluding hydrogens is 354 g/mol. The molecular formula is C22H33N3O3. The summed E-state index contributed by atoms with van der Waals surface area (Å²) < 4.78 is 0. The van der Waals surface area contributed by atoms with Crippen LogP contribution in [-0.2, 0) is 11.2 Å². The number of carbonyl (C=O) groups is 2. The van der Waals surface area contributed by atoms with E-state index in [1.807, 2.05) is 30.3 Å². The van der Waals surface area contributed by atoms with Gasteiger partial charge in [0.05, 0.1) is 0 Å². The Kier molecular flexibility index (Phi) is 7.71. The zero-order valence-corrected chi connectivity index (χ0v) is 16.6. The van der Waals surface area contributed by atoms with Crippen molar-refractivity contribution in [3.05, 3.63) is 35.9 Å². The standard InChI is InChI=1S/C22H33N3O3/c26-21(27)11-10-19(16-17-6-2-1-3-7-17)24-22(28)23-18-12-14-25(15-13-18)20-8-4-5-9-20/h1-3,6-7,18-20H,4-5,8-16H2,(H,26,27)(H2,23,24,28). The van der Waals surface area contributed by atoms with Crippen LogP contribution in [0.2, 0.25) is 0 Å². The minimum Gasteiger partial charge on any atom is -0.481 e. The molecule has 1 aromatic rings. The number of carboxylic acids is 1. The molecule has 154 valence electrons. The molecule has 0 spiro atoms. The van der Waals surface area contributed by atoms with E-state index in [9.17, 15) is 9.59 Å². The maximum absolute atomic E-state index is 12.5. The van der Waals surface area contributed by atoms with Crippen LogP contribution in [0.1, 0.15) is 56.9 Å². The van der Waals surface area contributed by atoms with E-state index in [0.717, 1.165) is 37.5 Å². The molecule has 1 aliphatic carbocycles. The summed E-state index contributed by atoms with van der Waals surface area (Å²) in [6.07, 6.45) is 8.45. The highest BCUT2D eigenvalue weighted by Gasteiger charge is 2.28. The summed E-state index contributed by atoms with van der Waals surface area (Å²) in [7, 11) is 0. The van der Waals surface area contributed by atoms with Crippen molar-refractivity contribution < 1.29 is 14.7 Å². The third kappa shape index (κ3) is 6.51. The molecule has 1 aromatic carbocycles. The predicted octanol–water partition coefficient (Wildman–Crippen LogP) is 3.17. The Bertz CT molecular complexity index is 623. The Labute approximate surface area is 167 Å². The Morgan fingerprint density at radius 1 is 1.07 bits per heavy atom. The highest BCUT2D eigenvalue weighted by molar-refractivity contribution is 5.74. The molecule has 2 amide bonds. The minimum atomic E-state index is -0.834. The quantitative estimate of drug-likeness (QED) is 0.640. The van der Waals surface area contributed by atoms with Gasteiger partial charge in [-0.3, -0.25) is 4.79 Å². The van der Waals surface area contributed by atoms with E-state index in [1.54, 1.807) is 0 Å². The average Bonchev–Trinajstić information content (AvgIpc) is 3.22. The van der Waals surface area contributed by atoms with Gasteiger partial charge in [0.25, 0.3) is 0 Å². The summed E-state index contributed by atoms with van der Waals surface area (Å²) in [5, 5.41) is 15.1. The lowest BCUT2D eigenvalue weighted by molar-refractivity contribution is -0.137. The van der Waals surface area contributed by atoms with Gasteiger partial charge in [0.15, 0.2) is 0 Å². The highest BCUT2D eigenvalue weighted by Crippen LogP contribution is 2.26. The highest BCUT2D eigenvalue weighted by atomic mass is 16.4. The molecule has 28 heavy (non-hydrogen) atoms. The molecule has 1 saturated heterocycles. The fraction of sp³-hybridized carbons (Fsp3) is 0.636. The first-order chi connectivity index (χ1) is 13.6. The van der Waals surface area contributed by atoms with Crippen LogP contribution in [0.15, 0.2) is 30.3 Å². The number of urea groups is 1. The molecule has 1 saturated carbocycles. The molecule has 1 aliphatic heterocycles. The SMILES string of the molecule is O=C(O)CCC(Cc1ccccc1)NC(=O)NC1CCN(C2CCCC2)CC1. The average molecular weight is 388 g/mol. The van der Waals surface area contributed by atoms with E-state index in [-0.39, 0.29) is 24.5 Å². The van der Waals surface area contributed by atoms with E-state index >= 15 is 0 Å². The Morgan fingerprint density at radius 3 is 2.39 bits per heavy atom. The van der Waals surface area contributed by atoms with Crippen molar-refractivity contribution >= 4 is 12.0 Å². The second-order valence-corrected chi connectivity index (χ2v) is 8.19. The Balaban J connectivity index is 1.45. The van der Waals surface area contributed by atoms with Gasteiger partial charge in [-0.25, -0.2) is 4.79 Å². The third-order valence-electron chi connectivity index (χ3n) is 6.07. The molecule has 0 aromatic heterocycles. The van der Waals surface area contributed by atoms with Gasteiger partial charge >= 0.3 is 12.0 Å². The van der Waals surface area contributed by atoms with Crippen molar-refractivity contribution in [2.45, 2.75) is 75.9 Å². The summed E-state index contributed by atoms with van der Waals surface area (Å²) in [6, 6.07) is 10.5. The van der Waals surface area contributed by atoms with Gasteiger partial charge in [-0.05, 0) is 44.1 Å². The van der Waals surface area contributed by atoms with Gasteiger partial charge in [0, 0.05) is 37.6 Å². The van der Waals surface area contributed by atoms with Crippen LogP contribution >= 0.6 is 0 Å². The minimum absolute atomic E-state index is 0.0531. The van der Waals surface area contributed by atoms with Gasteiger partial charge < -0.3 is 20.6 Å². The topological polar surface area (TPSA) is 81.7 Å². The van der Waals surface area contributed by atoms with E-state index < -0.39 is 5.97 Å². The van der Waals surface area contributed by atoms with Gasteiger partial charge in [-0.1, -0.05) is 43.2 Å². The number of hydrogen-bond acceptors (Lipinski definition) is 3. The number of carboxylic acid groups (broad SMARTS) is 1. The van der Waals surface area contributed by atoms with E-state index in [2.05, 4.69) is 15.5 Å². The monoisotopic (exact) mass is 387 g/mol. The third-order valence-corrected chi connectivity index (χ3v) is 6.07. The molecule has 3 N–H and O–H groups in total. The van der Waals surface area contributed by atoms with Crippen molar-refractivity contribution in [1.82, 2.24) is 15.5 Å². The normalized spacial score (nSPS) is 20.0. The molecule has 6 nitrogen and oxygen atoms in total. The number of likely N-dealkylation sites (tertiary alicyclic amines) is 1. The smallest absolute Gasteiger partial charge is 0.315 e. The molecule has 2 fully saturated rings. The van der Waals surface area contributed by atoms with E-state index in [1.165, 1.54) is 25.7 Å². The number of aliphatic carboxylic acids is 1. The molecule has 1 heterocycles. The Morgan fingerprint density at radius 2 is 1.75 bits per heavy atom. The van der Waals surface area contributed by atoms with Crippen LogP contribution in [0.4, 0.5) is 4.79 Å².